The van der Waals surface area contributed by atoms with Gasteiger partial charge in [0.15, 0.2) is 5.69 Å². The monoisotopic (exact) mass is 398 g/mol. The molecule has 7 nitrogen and oxygen atoms in total. The fourth-order valence-electron chi connectivity index (χ4n) is 3.86. The molecule has 1 aromatic heterocycles. The van der Waals surface area contributed by atoms with E-state index in [1.54, 1.807) is 6.92 Å². The number of aromatic nitrogens is 1. The number of nitrogens with zero attached hydrogens (tertiary/aromatic N) is 3. The van der Waals surface area contributed by atoms with Crippen LogP contribution in [0.3, 0.4) is 0 Å². The molecule has 1 aliphatic heterocycles. The first kappa shape index (κ1) is 21.2. The predicted octanol–water partition coefficient (Wildman–Crippen LogP) is 2.09. The van der Waals surface area contributed by atoms with E-state index in [1.807, 2.05) is 49.3 Å². The quantitative estimate of drug-likeness (QED) is 0.734. The highest BCUT2D eigenvalue weighted by molar-refractivity contribution is 5.91. The summed E-state index contributed by atoms with van der Waals surface area (Å²) in [5.74, 6) is 0.522. The molecule has 0 radical (unpaired) electrons. The van der Waals surface area contributed by atoms with Gasteiger partial charge in [0.1, 0.15) is 12.0 Å². The van der Waals surface area contributed by atoms with Crippen LogP contribution in [0.2, 0.25) is 0 Å². The van der Waals surface area contributed by atoms with E-state index in [4.69, 9.17) is 4.42 Å². The van der Waals surface area contributed by atoms with Crippen LogP contribution < -0.4 is 5.32 Å². The molecule has 0 unspecified atom stereocenters. The van der Waals surface area contributed by atoms with Gasteiger partial charge >= 0.3 is 0 Å². The Bertz CT molecular complexity index is 824. The molecular weight excluding hydrogens is 368 g/mol. The topological polar surface area (TPSA) is 78.7 Å². The van der Waals surface area contributed by atoms with E-state index in [2.05, 4.69) is 15.2 Å². The lowest BCUT2D eigenvalue weighted by molar-refractivity contribution is -0.124. The van der Waals surface area contributed by atoms with E-state index in [0.717, 1.165) is 38.0 Å². The number of rotatable bonds is 8. The van der Waals surface area contributed by atoms with Crippen molar-refractivity contribution < 1.29 is 14.0 Å². The second kappa shape index (κ2) is 9.33. The predicted molar refractivity (Wildman–Crippen MR) is 111 cm³/mol. The lowest BCUT2D eigenvalue weighted by Crippen LogP contribution is -2.46. The molecule has 156 valence electrons. The maximum Gasteiger partial charge on any atom is 0.273 e. The van der Waals surface area contributed by atoms with Crippen molar-refractivity contribution in [3.05, 3.63) is 53.7 Å². The standard InChI is InChI=1S/C22H30N4O3/c1-17(27)22(18-7-5-4-6-8-18)9-12-26(13-10-22)15-20-24-19(16-29-20)21(28)23-11-14-25(2)3/h4-8,16H,9-15H2,1-3H3,(H,23,28). The van der Waals surface area contributed by atoms with E-state index in [0.29, 0.717) is 24.7 Å². The van der Waals surface area contributed by atoms with Crippen molar-refractivity contribution in [2.45, 2.75) is 31.7 Å². The van der Waals surface area contributed by atoms with Gasteiger partial charge in [0.2, 0.25) is 5.89 Å². The lowest BCUT2D eigenvalue weighted by Gasteiger charge is -2.40. The lowest BCUT2D eigenvalue weighted by atomic mass is 9.70. The Labute approximate surface area is 172 Å². The molecule has 2 heterocycles. The number of oxazole rings is 1. The van der Waals surface area contributed by atoms with Crippen LogP contribution >= 0.6 is 0 Å². The van der Waals surface area contributed by atoms with Crippen LogP contribution in [0.4, 0.5) is 0 Å². The molecule has 1 aliphatic rings. The van der Waals surface area contributed by atoms with Gasteiger partial charge in [-0.1, -0.05) is 30.3 Å². The number of hydrogen-bond acceptors (Lipinski definition) is 6. The Morgan fingerprint density at radius 3 is 2.52 bits per heavy atom. The van der Waals surface area contributed by atoms with E-state index < -0.39 is 5.41 Å². The van der Waals surface area contributed by atoms with Crippen LogP contribution in [0.15, 0.2) is 41.0 Å². The van der Waals surface area contributed by atoms with Crippen LogP contribution in [-0.4, -0.2) is 66.7 Å². The highest BCUT2D eigenvalue weighted by atomic mass is 16.3. The molecule has 0 saturated carbocycles. The van der Waals surface area contributed by atoms with Crippen molar-refractivity contribution in [3.63, 3.8) is 0 Å². The number of benzene rings is 1. The van der Waals surface area contributed by atoms with Gasteiger partial charge in [-0.05, 0) is 52.5 Å². The van der Waals surface area contributed by atoms with Gasteiger partial charge in [-0.15, -0.1) is 0 Å². The van der Waals surface area contributed by atoms with Gasteiger partial charge in [-0.3, -0.25) is 14.5 Å². The summed E-state index contributed by atoms with van der Waals surface area (Å²) in [6.07, 6.45) is 2.95. The number of likely N-dealkylation sites (tertiary alicyclic amines) is 1. The number of carbonyl (C=O) groups excluding carboxylic acids is 2. The molecule has 2 aromatic rings. The second-order valence-corrected chi connectivity index (χ2v) is 7.97. The normalized spacial score (nSPS) is 16.7. The molecule has 0 spiro atoms. The average Bonchev–Trinajstić information content (AvgIpc) is 3.17. The fraction of sp³-hybridized carbons (Fsp3) is 0.500. The zero-order valence-corrected chi connectivity index (χ0v) is 17.5. The third kappa shape index (κ3) is 5.10. The molecule has 0 aliphatic carbocycles. The summed E-state index contributed by atoms with van der Waals surface area (Å²) in [4.78, 5) is 33.2. The number of carbonyl (C=O) groups is 2. The molecule has 0 bridgehead atoms. The van der Waals surface area contributed by atoms with Gasteiger partial charge in [0.05, 0.1) is 12.0 Å². The van der Waals surface area contributed by atoms with E-state index in [9.17, 15) is 9.59 Å². The largest absolute Gasteiger partial charge is 0.447 e. The van der Waals surface area contributed by atoms with Crippen LogP contribution in [0.5, 0.6) is 0 Å². The first-order valence-corrected chi connectivity index (χ1v) is 10.1. The Hall–Kier alpha value is -2.51. The minimum atomic E-state index is -0.411. The highest BCUT2D eigenvalue weighted by Crippen LogP contribution is 2.36. The van der Waals surface area contributed by atoms with Crippen molar-refractivity contribution in [2.75, 3.05) is 40.3 Å². The molecule has 1 N–H and O–H groups in total. The Balaban J connectivity index is 1.56. The van der Waals surface area contributed by atoms with E-state index in [-0.39, 0.29) is 11.7 Å². The Kier molecular flexibility index (Phi) is 6.82. The van der Waals surface area contributed by atoms with Gasteiger partial charge in [-0.25, -0.2) is 4.98 Å². The Morgan fingerprint density at radius 1 is 1.21 bits per heavy atom. The SMILES string of the molecule is CC(=O)C1(c2ccccc2)CCN(Cc2nc(C(=O)NCCN(C)C)co2)CC1. The molecule has 7 heteroatoms. The number of likely N-dealkylation sites (N-methyl/N-ethyl adjacent to an activating group) is 1. The molecule has 29 heavy (non-hydrogen) atoms. The molecular formula is C22H30N4O3. The van der Waals surface area contributed by atoms with Crippen LogP contribution in [0, 0.1) is 0 Å². The fourth-order valence-corrected chi connectivity index (χ4v) is 3.86. The zero-order chi connectivity index (χ0) is 20.9. The third-order valence-corrected chi connectivity index (χ3v) is 5.70. The minimum absolute atomic E-state index is 0.219. The summed E-state index contributed by atoms with van der Waals surface area (Å²) in [6.45, 7) is 5.12. The average molecular weight is 399 g/mol. The van der Waals surface area contributed by atoms with Crippen LogP contribution in [0.1, 0.15) is 41.7 Å². The summed E-state index contributed by atoms with van der Waals surface area (Å²) in [6, 6.07) is 10.1. The van der Waals surface area contributed by atoms with Gasteiger partial charge in [0, 0.05) is 13.1 Å². The molecule has 1 fully saturated rings. The van der Waals surface area contributed by atoms with Crippen LogP contribution in [0.25, 0.3) is 0 Å². The number of hydrogen-bond donors (Lipinski definition) is 1. The van der Waals surface area contributed by atoms with Crippen molar-refractivity contribution in [1.29, 1.82) is 0 Å². The summed E-state index contributed by atoms with van der Waals surface area (Å²) < 4.78 is 5.51. The highest BCUT2D eigenvalue weighted by Gasteiger charge is 2.40. The summed E-state index contributed by atoms with van der Waals surface area (Å²) in [5, 5.41) is 2.83. The first-order chi connectivity index (χ1) is 13.9. The number of amides is 1. The maximum absolute atomic E-state index is 12.5. The molecule has 1 saturated heterocycles. The summed E-state index contributed by atoms with van der Waals surface area (Å²) in [5.41, 5.74) is 0.990. The minimum Gasteiger partial charge on any atom is -0.447 e. The summed E-state index contributed by atoms with van der Waals surface area (Å²) >= 11 is 0. The smallest absolute Gasteiger partial charge is 0.273 e. The molecule has 3 rings (SSSR count). The number of ketones is 1. The van der Waals surface area contributed by atoms with E-state index in [1.165, 1.54) is 6.26 Å². The third-order valence-electron chi connectivity index (χ3n) is 5.70. The Morgan fingerprint density at radius 2 is 1.90 bits per heavy atom. The van der Waals surface area contributed by atoms with Crippen molar-refractivity contribution in [2.24, 2.45) is 0 Å². The number of Topliss-reactive ketones (excluding diaryl/α,β-unsaturated/α-hetero) is 1. The molecule has 0 atom stereocenters. The first-order valence-electron chi connectivity index (χ1n) is 10.1. The van der Waals surface area contributed by atoms with Gasteiger partial charge in [-0.2, -0.15) is 0 Å². The van der Waals surface area contributed by atoms with Gasteiger partial charge < -0.3 is 14.6 Å². The number of nitrogens with one attached hydrogen (secondary N) is 1. The molecule has 1 aromatic carbocycles. The van der Waals surface area contributed by atoms with Crippen molar-refractivity contribution in [1.82, 2.24) is 20.1 Å². The number of piperidine rings is 1. The van der Waals surface area contributed by atoms with Gasteiger partial charge in [0.25, 0.3) is 5.91 Å². The van der Waals surface area contributed by atoms with Crippen molar-refractivity contribution >= 4 is 11.7 Å². The van der Waals surface area contributed by atoms with E-state index >= 15 is 0 Å². The zero-order valence-electron chi connectivity index (χ0n) is 17.5. The summed E-state index contributed by atoms with van der Waals surface area (Å²) in [7, 11) is 3.91. The molecule has 1 amide bonds. The van der Waals surface area contributed by atoms with Crippen molar-refractivity contribution in [3.8, 4) is 0 Å². The maximum atomic E-state index is 12.5. The second-order valence-electron chi connectivity index (χ2n) is 7.97. The van der Waals surface area contributed by atoms with Crippen LogP contribution in [-0.2, 0) is 16.8 Å².